The third-order valence-corrected chi connectivity index (χ3v) is 5.58. The van der Waals surface area contributed by atoms with Crippen LogP contribution in [-0.2, 0) is 4.79 Å². The fourth-order valence-electron chi connectivity index (χ4n) is 3.62. The van der Waals surface area contributed by atoms with Gasteiger partial charge in [0, 0.05) is 24.7 Å². The largest absolute Gasteiger partial charge is 0.481 e. The minimum Gasteiger partial charge on any atom is -0.481 e. The van der Waals surface area contributed by atoms with Crippen molar-refractivity contribution in [3.8, 4) is 0 Å². The predicted octanol–water partition coefficient (Wildman–Crippen LogP) is 3.45. The van der Waals surface area contributed by atoms with Crippen LogP contribution in [0.1, 0.15) is 64.5 Å². The normalized spacial score (nSPS) is 17.3. The van der Waals surface area contributed by atoms with Crippen LogP contribution in [0.25, 0.3) is 0 Å². The van der Waals surface area contributed by atoms with Crippen LogP contribution < -0.4 is 16.0 Å². The topological polar surface area (TPSA) is 90.5 Å². The van der Waals surface area contributed by atoms with E-state index >= 15 is 0 Å². The van der Waals surface area contributed by atoms with Crippen LogP contribution in [-0.4, -0.2) is 35.7 Å². The van der Waals surface area contributed by atoms with Gasteiger partial charge in [-0.15, -0.1) is 0 Å². The van der Waals surface area contributed by atoms with Crippen LogP contribution in [0.15, 0.2) is 30.3 Å². The molecule has 1 saturated carbocycles. The molecule has 0 aliphatic heterocycles. The van der Waals surface area contributed by atoms with Gasteiger partial charge >= 0.3 is 12.0 Å². The molecular weight excluding hydrogens is 342 g/mol. The van der Waals surface area contributed by atoms with Crippen LogP contribution in [0.4, 0.5) is 4.79 Å². The van der Waals surface area contributed by atoms with Gasteiger partial charge in [0.2, 0.25) is 0 Å². The van der Waals surface area contributed by atoms with Gasteiger partial charge < -0.3 is 21.1 Å². The summed E-state index contributed by atoms with van der Waals surface area (Å²) in [6, 6.07) is 10.3. The van der Waals surface area contributed by atoms with E-state index in [0.29, 0.717) is 19.5 Å². The molecule has 2 amide bonds. The number of nitrogens with one attached hydrogen (secondary N) is 3. The maximum atomic E-state index is 12.2. The maximum absolute atomic E-state index is 12.2. The first kappa shape index (κ1) is 21.2. The highest BCUT2D eigenvalue weighted by Gasteiger charge is 2.35. The average molecular weight is 376 g/mol. The van der Waals surface area contributed by atoms with E-state index in [1.54, 1.807) is 13.8 Å². The van der Waals surface area contributed by atoms with E-state index in [1.165, 1.54) is 5.56 Å². The van der Waals surface area contributed by atoms with E-state index in [1.807, 2.05) is 18.2 Å². The number of hydrogen-bond acceptors (Lipinski definition) is 3. The number of carboxylic acid groups (broad SMARTS) is 1. The number of benzene rings is 1. The zero-order valence-corrected chi connectivity index (χ0v) is 16.7. The number of carbonyl (C=O) groups is 2. The molecule has 1 fully saturated rings. The van der Waals surface area contributed by atoms with Crippen LogP contribution >= 0.6 is 0 Å². The number of hydrogen-bond donors (Lipinski definition) is 4. The third-order valence-electron chi connectivity index (χ3n) is 5.58. The second-order valence-electron chi connectivity index (χ2n) is 8.31. The quantitative estimate of drug-likeness (QED) is 0.532. The van der Waals surface area contributed by atoms with Crippen molar-refractivity contribution in [2.75, 3.05) is 13.1 Å². The molecule has 1 unspecified atom stereocenters. The lowest BCUT2D eigenvalue weighted by atomic mass is 9.90. The standard InChI is InChI=1S/C21H33N3O3/c1-16(17-9-5-4-6-10-17)24-21(11-7-8-12-21)15-23-19(27)22-14-13-20(2,3)18(25)26/h4-6,9-10,16,24H,7-8,11-15H2,1-3H3,(H,25,26)(H2,22,23,27). The van der Waals surface area contributed by atoms with Crippen LogP contribution in [0, 0.1) is 5.41 Å². The highest BCUT2D eigenvalue weighted by Crippen LogP contribution is 2.31. The maximum Gasteiger partial charge on any atom is 0.314 e. The Morgan fingerprint density at radius 1 is 1.15 bits per heavy atom. The Hall–Kier alpha value is -2.08. The monoisotopic (exact) mass is 375 g/mol. The number of amides is 2. The van der Waals surface area contributed by atoms with Gasteiger partial charge in [0.1, 0.15) is 0 Å². The highest BCUT2D eigenvalue weighted by atomic mass is 16.4. The minimum absolute atomic E-state index is 0.0903. The molecule has 6 nitrogen and oxygen atoms in total. The first-order chi connectivity index (χ1) is 12.7. The number of carbonyl (C=O) groups excluding carboxylic acids is 1. The van der Waals surface area contributed by atoms with E-state index in [2.05, 4.69) is 35.0 Å². The number of urea groups is 1. The van der Waals surface area contributed by atoms with Crippen LogP contribution in [0.3, 0.4) is 0 Å². The van der Waals surface area contributed by atoms with E-state index in [-0.39, 0.29) is 17.6 Å². The molecule has 0 heterocycles. The number of carboxylic acids is 1. The van der Waals surface area contributed by atoms with E-state index in [0.717, 1.165) is 25.7 Å². The van der Waals surface area contributed by atoms with Gasteiger partial charge in [-0.3, -0.25) is 4.79 Å². The van der Waals surface area contributed by atoms with Crippen molar-refractivity contribution in [1.29, 1.82) is 0 Å². The van der Waals surface area contributed by atoms with Crippen molar-refractivity contribution in [2.45, 2.75) is 64.5 Å². The van der Waals surface area contributed by atoms with Gasteiger partial charge in [-0.2, -0.15) is 0 Å². The lowest BCUT2D eigenvalue weighted by molar-refractivity contribution is -0.147. The van der Waals surface area contributed by atoms with Gasteiger partial charge in [0.15, 0.2) is 0 Å². The summed E-state index contributed by atoms with van der Waals surface area (Å²) >= 11 is 0. The third kappa shape index (κ3) is 6.24. The number of rotatable bonds is 9. The molecule has 1 aliphatic rings. The molecule has 1 aromatic rings. The molecule has 0 spiro atoms. The Bertz CT molecular complexity index is 625. The first-order valence-corrected chi connectivity index (χ1v) is 9.82. The molecule has 1 aliphatic carbocycles. The smallest absolute Gasteiger partial charge is 0.314 e. The van der Waals surface area contributed by atoms with Crippen LogP contribution in [0.2, 0.25) is 0 Å². The summed E-state index contributed by atoms with van der Waals surface area (Å²) in [4.78, 5) is 23.3. The van der Waals surface area contributed by atoms with Crippen molar-refractivity contribution in [3.05, 3.63) is 35.9 Å². The summed E-state index contributed by atoms with van der Waals surface area (Å²) in [7, 11) is 0. The molecule has 0 saturated heterocycles. The van der Waals surface area contributed by atoms with Gasteiger partial charge in [0.25, 0.3) is 0 Å². The Labute approximate surface area is 162 Å². The molecular formula is C21H33N3O3. The Morgan fingerprint density at radius 2 is 1.78 bits per heavy atom. The fraction of sp³-hybridized carbons (Fsp3) is 0.619. The molecule has 0 aromatic heterocycles. The van der Waals surface area contributed by atoms with Crippen molar-refractivity contribution in [2.24, 2.45) is 5.41 Å². The highest BCUT2D eigenvalue weighted by molar-refractivity contribution is 5.75. The van der Waals surface area contributed by atoms with Gasteiger partial charge in [-0.05, 0) is 45.6 Å². The molecule has 150 valence electrons. The molecule has 6 heteroatoms. The van der Waals surface area contributed by atoms with Gasteiger partial charge in [-0.25, -0.2) is 4.79 Å². The number of aliphatic carboxylic acids is 1. The van der Waals surface area contributed by atoms with Crippen molar-refractivity contribution in [3.63, 3.8) is 0 Å². The Morgan fingerprint density at radius 3 is 2.37 bits per heavy atom. The summed E-state index contributed by atoms with van der Waals surface area (Å²) < 4.78 is 0. The Kier molecular flexibility index (Phi) is 7.25. The van der Waals surface area contributed by atoms with E-state index < -0.39 is 11.4 Å². The molecule has 2 rings (SSSR count). The van der Waals surface area contributed by atoms with E-state index in [9.17, 15) is 9.59 Å². The first-order valence-electron chi connectivity index (χ1n) is 9.82. The fourth-order valence-corrected chi connectivity index (χ4v) is 3.62. The zero-order valence-electron chi connectivity index (χ0n) is 16.7. The lowest BCUT2D eigenvalue weighted by Gasteiger charge is -2.34. The van der Waals surface area contributed by atoms with E-state index in [4.69, 9.17) is 5.11 Å². The second-order valence-corrected chi connectivity index (χ2v) is 8.31. The summed E-state index contributed by atoms with van der Waals surface area (Å²) in [6.45, 7) is 6.39. The molecule has 0 radical (unpaired) electrons. The molecule has 4 N–H and O–H groups in total. The lowest BCUT2D eigenvalue weighted by Crippen LogP contribution is -2.54. The molecule has 1 atom stereocenters. The van der Waals surface area contributed by atoms with Crippen molar-refractivity contribution < 1.29 is 14.7 Å². The summed E-state index contributed by atoms with van der Waals surface area (Å²) in [5.41, 5.74) is 0.309. The van der Waals surface area contributed by atoms with Crippen molar-refractivity contribution in [1.82, 2.24) is 16.0 Å². The Balaban J connectivity index is 1.83. The van der Waals surface area contributed by atoms with Gasteiger partial charge in [-0.1, -0.05) is 43.2 Å². The zero-order chi connectivity index (χ0) is 19.9. The SMILES string of the molecule is CC(NC1(CNC(=O)NCCC(C)(C)C(=O)O)CCCC1)c1ccccc1. The predicted molar refractivity (Wildman–Crippen MR) is 107 cm³/mol. The summed E-state index contributed by atoms with van der Waals surface area (Å²) in [6.07, 6.45) is 4.78. The molecule has 0 bridgehead atoms. The molecule has 1 aromatic carbocycles. The minimum atomic E-state index is -0.853. The van der Waals surface area contributed by atoms with Crippen LogP contribution in [0.5, 0.6) is 0 Å². The summed E-state index contributed by atoms with van der Waals surface area (Å²) in [5.74, 6) is -0.853. The molecule has 27 heavy (non-hydrogen) atoms. The summed E-state index contributed by atoms with van der Waals surface area (Å²) in [5, 5.41) is 18.6. The van der Waals surface area contributed by atoms with Crippen molar-refractivity contribution >= 4 is 12.0 Å². The van der Waals surface area contributed by atoms with Gasteiger partial charge in [0.05, 0.1) is 5.41 Å². The average Bonchev–Trinajstić information content (AvgIpc) is 3.09. The second kappa shape index (κ2) is 9.22.